The average molecular weight is 492 g/mol. The van der Waals surface area contributed by atoms with E-state index >= 15 is 0 Å². The molecule has 6 rings (SSSR count). The predicted molar refractivity (Wildman–Crippen MR) is 140 cm³/mol. The van der Waals surface area contributed by atoms with Crippen LogP contribution < -0.4 is 0 Å². The number of fused-ring (bicyclic) bond motifs is 1. The van der Waals surface area contributed by atoms with Gasteiger partial charge in [-0.1, -0.05) is 43.5 Å². The topological polar surface area (TPSA) is 43.9 Å². The largest absolute Gasteiger partial charge is 0.342 e. The van der Waals surface area contributed by atoms with Gasteiger partial charge in [-0.3, -0.25) is 9.59 Å². The van der Waals surface area contributed by atoms with Crippen molar-refractivity contribution < 1.29 is 9.59 Å². The van der Waals surface area contributed by atoms with Crippen LogP contribution in [-0.4, -0.2) is 64.8 Å². The Kier molecular flexibility index (Phi) is 6.68. The second-order valence-electron chi connectivity index (χ2n) is 10.8. The summed E-state index contributed by atoms with van der Waals surface area (Å²) in [7, 11) is 0. The van der Waals surface area contributed by atoms with Crippen LogP contribution in [0.3, 0.4) is 0 Å². The smallest absolute Gasteiger partial charge is 0.254 e. The van der Waals surface area contributed by atoms with E-state index in [9.17, 15) is 9.59 Å². The summed E-state index contributed by atoms with van der Waals surface area (Å²) in [6, 6.07) is 12.7. The molecule has 0 spiro atoms. The van der Waals surface area contributed by atoms with Gasteiger partial charge >= 0.3 is 0 Å². The molecule has 3 aliphatic heterocycles. The Hall–Kier alpha value is -2.18. The van der Waals surface area contributed by atoms with E-state index in [0.717, 1.165) is 67.6 Å². The molecule has 1 aromatic carbocycles. The number of hydrogen-bond acceptors (Lipinski definition) is 4. The highest BCUT2D eigenvalue weighted by atomic mass is 32.1. The number of benzene rings is 1. The lowest BCUT2D eigenvalue weighted by Gasteiger charge is -2.46. The Morgan fingerprint density at radius 2 is 1.54 bits per heavy atom. The number of likely N-dealkylation sites (tertiary alicyclic amines) is 2. The number of amides is 2. The monoisotopic (exact) mass is 491 g/mol. The number of hydrogen-bond donors (Lipinski definition) is 0. The molecule has 0 N–H and O–H groups in total. The molecule has 0 radical (unpaired) electrons. The first-order chi connectivity index (χ1) is 17.2. The van der Waals surface area contributed by atoms with E-state index < -0.39 is 0 Å². The van der Waals surface area contributed by atoms with E-state index in [0.29, 0.717) is 6.04 Å². The molecule has 4 heterocycles. The quantitative estimate of drug-likeness (QED) is 0.571. The summed E-state index contributed by atoms with van der Waals surface area (Å²) in [5.74, 6) is -0.00288. The third-order valence-corrected chi connectivity index (χ3v) is 9.82. The fourth-order valence-electron chi connectivity index (χ4n) is 7.10. The first kappa shape index (κ1) is 23.2. The van der Waals surface area contributed by atoms with Crippen molar-refractivity contribution in [2.24, 2.45) is 0 Å². The molecule has 0 bridgehead atoms. The van der Waals surface area contributed by atoms with Crippen molar-refractivity contribution in [3.63, 3.8) is 0 Å². The molecule has 2 aromatic rings. The number of carbonyl (C=O) groups is 2. The second kappa shape index (κ2) is 10.1. The van der Waals surface area contributed by atoms with Crippen molar-refractivity contribution in [3.8, 4) is 0 Å². The summed E-state index contributed by atoms with van der Waals surface area (Å²) in [5, 5.41) is 2.08. The van der Waals surface area contributed by atoms with Gasteiger partial charge in [-0.25, -0.2) is 0 Å². The molecular weight excluding hydrogens is 454 g/mol. The van der Waals surface area contributed by atoms with Gasteiger partial charge in [0.1, 0.15) is 0 Å². The van der Waals surface area contributed by atoms with Gasteiger partial charge in [-0.2, -0.15) is 0 Å². The normalized spacial score (nSPS) is 26.8. The molecule has 1 aliphatic carbocycles. The Morgan fingerprint density at radius 3 is 2.26 bits per heavy atom. The highest BCUT2D eigenvalue weighted by Gasteiger charge is 2.48. The van der Waals surface area contributed by atoms with Crippen LogP contribution in [0.5, 0.6) is 0 Å². The molecule has 2 atom stereocenters. The van der Waals surface area contributed by atoms with Crippen LogP contribution in [-0.2, 0) is 4.79 Å². The summed E-state index contributed by atoms with van der Waals surface area (Å²) in [5.41, 5.74) is 1.65. The number of rotatable bonds is 4. The fourth-order valence-corrected chi connectivity index (χ4v) is 7.96. The molecule has 4 aliphatic rings. The van der Waals surface area contributed by atoms with Gasteiger partial charge in [0.15, 0.2) is 0 Å². The summed E-state index contributed by atoms with van der Waals surface area (Å²) in [6.45, 7) is 4.08. The zero-order chi connectivity index (χ0) is 23.8. The minimum atomic E-state index is -0.324. The van der Waals surface area contributed by atoms with Crippen molar-refractivity contribution >= 4 is 23.2 Å². The summed E-state index contributed by atoms with van der Waals surface area (Å²) < 4.78 is 0. The highest BCUT2D eigenvalue weighted by molar-refractivity contribution is 7.10. The maximum atomic E-state index is 14.4. The standard InChI is InChI=1S/C29H37N3O2S/c33-28-24-12-5-4-11-23(24)26(27(25-13-8-20-35-25)32(28)22-9-2-3-10-22)29(34)31-18-14-21(15-19-31)30-16-6-1-7-17-30/h4-5,8,11-13,20-22,26-27H,1-3,6-7,9-10,14-19H2/t26-,27-/m1/s1. The Morgan fingerprint density at radius 1 is 0.800 bits per heavy atom. The van der Waals surface area contributed by atoms with Crippen LogP contribution >= 0.6 is 11.3 Å². The summed E-state index contributed by atoms with van der Waals surface area (Å²) >= 11 is 1.68. The zero-order valence-corrected chi connectivity index (χ0v) is 21.4. The average Bonchev–Trinajstić information content (AvgIpc) is 3.64. The number of nitrogens with zero attached hydrogens (tertiary/aromatic N) is 3. The SMILES string of the molecule is O=C([C@@H]1c2ccccc2C(=O)N(C2CCCC2)[C@@H]1c1cccs1)N1CCC(N2CCCCC2)CC1. The molecule has 1 aromatic heterocycles. The maximum absolute atomic E-state index is 14.4. The lowest BCUT2D eigenvalue weighted by molar-refractivity contribution is -0.136. The molecule has 2 amide bonds. The third-order valence-electron chi connectivity index (χ3n) is 8.88. The van der Waals surface area contributed by atoms with Gasteiger partial charge in [0.25, 0.3) is 5.91 Å². The lowest BCUT2D eigenvalue weighted by Crippen LogP contribution is -2.53. The van der Waals surface area contributed by atoms with Crippen molar-refractivity contribution in [3.05, 3.63) is 57.8 Å². The molecular formula is C29H37N3O2S. The first-order valence-corrected chi connectivity index (χ1v) is 14.6. The minimum Gasteiger partial charge on any atom is -0.342 e. The van der Waals surface area contributed by atoms with Gasteiger partial charge in [-0.05, 0) is 74.7 Å². The van der Waals surface area contributed by atoms with E-state index in [1.807, 2.05) is 24.3 Å². The number of thiophene rings is 1. The van der Waals surface area contributed by atoms with Crippen molar-refractivity contribution in [2.75, 3.05) is 26.2 Å². The molecule has 6 heteroatoms. The summed E-state index contributed by atoms with van der Waals surface area (Å²) in [4.78, 5) is 36.3. The van der Waals surface area contributed by atoms with E-state index in [1.54, 1.807) is 11.3 Å². The van der Waals surface area contributed by atoms with E-state index in [-0.39, 0.29) is 29.8 Å². The minimum absolute atomic E-state index is 0.110. The van der Waals surface area contributed by atoms with Crippen LogP contribution in [0, 0.1) is 0 Å². The third kappa shape index (κ3) is 4.33. The highest BCUT2D eigenvalue weighted by Crippen LogP contribution is 2.48. The van der Waals surface area contributed by atoms with Crippen LogP contribution in [0.1, 0.15) is 90.5 Å². The van der Waals surface area contributed by atoms with Gasteiger partial charge in [0.2, 0.25) is 5.91 Å². The van der Waals surface area contributed by atoms with Crippen LogP contribution in [0.15, 0.2) is 41.8 Å². The molecule has 2 saturated heterocycles. The second-order valence-corrected chi connectivity index (χ2v) is 11.8. The van der Waals surface area contributed by atoms with E-state index in [1.165, 1.54) is 32.4 Å². The van der Waals surface area contributed by atoms with Crippen molar-refractivity contribution in [1.29, 1.82) is 0 Å². The number of piperidine rings is 2. The maximum Gasteiger partial charge on any atom is 0.254 e. The Balaban J connectivity index is 1.32. The van der Waals surface area contributed by atoms with E-state index in [2.05, 4.69) is 32.2 Å². The van der Waals surface area contributed by atoms with Crippen LogP contribution in [0.2, 0.25) is 0 Å². The fraction of sp³-hybridized carbons (Fsp3) is 0.586. The Bertz CT molecular complexity index is 1030. The van der Waals surface area contributed by atoms with Gasteiger partial charge in [0.05, 0.1) is 12.0 Å². The van der Waals surface area contributed by atoms with E-state index in [4.69, 9.17) is 0 Å². The lowest BCUT2D eigenvalue weighted by atomic mass is 9.80. The van der Waals surface area contributed by atoms with Gasteiger partial charge < -0.3 is 14.7 Å². The zero-order valence-electron chi connectivity index (χ0n) is 20.6. The van der Waals surface area contributed by atoms with Crippen LogP contribution in [0.4, 0.5) is 0 Å². The van der Waals surface area contributed by atoms with Gasteiger partial charge in [-0.15, -0.1) is 11.3 Å². The Labute approximate surface area is 213 Å². The molecule has 35 heavy (non-hydrogen) atoms. The van der Waals surface area contributed by atoms with Crippen molar-refractivity contribution in [1.82, 2.24) is 14.7 Å². The summed E-state index contributed by atoms with van der Waals surface area (Å²) in [6.07, 6.45) is 10.5. The molecule has 1 saturated carbocycles. The molecule has 3 fully saturated rings. The number of carbonyl (C=O) groups excluding carboxylic acids is 2. The van der Waals surface area contributed by atoms with Gasteiger partial charge in [0, 0.05) is 35.6 Å². The van der Waals surface area contributed by atoms with Crippen LogP contribution in [0.25, 0.3) is 0 Å². The predicted octanol–water partition coefficient (Wildman–Crippen LogP) is 5.45. The first-order valence-electron chi connectivity index (χ1n) is 13.7. The molecule has 5 nitrogen and oxygen atoms in total. The molecule has 0 unspecified atom stereocenters. The van der Waals surface area contributed by atoms with Crippen molar-refractivity contribution in [2.45, 2.75) is 81.8 Å². The molecule has 186 valence electrons.